The lowest BCUT2D eigenvalue weighted by molar-refractivity contribution is -0.130. The zero-order valence-electron chi connectivity index (χ0n) is 9.51. The molecule has 0 aromatic heterocycles. The van der Waals surface area contributed by atoms with Gasteiger partial charge in [-0.1, -0.05) is 6.92 Å². The van der Waals surface area contributed by atoms with Gasteiger partial charge in [-0.15, -0.1) is 0 Å². The van der Waals surface area contributed by atoms with Crippen LogP contribution in [0, 0.1) is 5.92 Å². The van der Waals surface area contributed by atoms with Crippen LogP contribution >= 0.6 is 0 Å². The van der Waals surface area contributed by atoms with Crippen molar-refractivity contribution in [2.24, 2.45) is 5.92 Å². The molecular formula is C11H19F2NO2. The number of nitrogens with one attached hydrogen (secondary N) is 1. The Morgan fingerprint density at radius 2 is 2.06 bits per heavy atom. The first-order valence-electron chi connectivity index (χ1n) is 5.77. The van der Waals surface area contributed by atoms with E-state index in [-0.39, 0.29) is 50.2 Å². The highest BCUT2D eigenvalue weighted by molar-refractivity contribution is 5.79. The number of aliphatic hydroxyl groups excluding tert-OH is 1. The molecule has 2 N–H and O–H groups in total. The molecule has 16 heavy (non-hydrogen) atoms. The Hall–Kier alpha value is -0.710. The van der Waals surface area contributed by atoms with E-state index in [9.17, 15) is 13.6 Å². The number of aliphatic hydroxyl groups is 1. The zero-order valence-corrected chi connectivity index (χ0v) is 9.51. The van der Waals surface area contributed by atoms with E-state index in [0.717, 1.165) is 0 Å². The van der Waals surface area contributed by atoms with Gasteiger partial charge in [-0.05, 0) is 19.3 Å². The van der Waals surface area contributed by atoms with Crippen LogP contribution in [0.2, 0.25) is 0 Å². The fourth-order valence-corrected chi connectivity index (χ4v) is 1.90. The maximum atomic E-state index is 12.9. The third-order valence-corrected chi connectivity index (χ3v) is 3.15. The molecule has 0 radical (unpaired) electrons. The average molecular weight is 235 g/mol. The monoisotopic (exact) mass is 235 g/mol. The van der Waals surface area contributed by atoms with Crippen molar-refractivity contribution in [1.29, 1.82) is 0 Å². The van der Waals surface area contributed by atoms with Gasteiger partial charge in [0.25, 0.3) is 0 Å². The van der Waals surface area contributed by atoms with Gasteiger partial charge in [0.15, 0.2) is 0 Å². The van der Waals surface area contributed by atoms with E-state index in [1.807, 2.05) is 6.92 Å². The van der Waals surface area contributed by atoms with Crippen molar-refractivity contribution in [1.82, 2.24) is 5.32 Å². The van der Waals surface area contributed by atoms with Crippen LogP contribution in [0.5, 0.6) is 0 Å². The molecule has 3 nitrogen and oxygen atoms in total. The highest BCUT2D eigenvalue weighted by Gasteiger charge is 2.37. The number of halogens is 2. The van der Waals surface area contributed by atoms with E-state index < -0.39 is 5.92 Å². The molecule has 1 saturated carbocycles. The minimum absolute atomic E-state index is 0.106. The first kappa shape index (κ1) is 13.4. The van der Waals surface area contributed by atoms with Crippen LogP contribution in [-0.2, 0) is 4.79 Å². The Morgan fingerprint density at radius 3 is 2.50 bits per heavy atom. The third kappa shape index (κ3) is 3.70. The summed E-state index contributed by atoms with van der Waals surface area (Å²) in [6.07, 6.45) is 0.703. The summed E-state index contributed by atoms with van der Waals surface area (Å²) in [5.74, 6) is -3.12. The van der Waals surface area contributed by atoms with Gasteiger partial charge < -0.3 is 10.4 Å². The van der Waals surface area contributed by atoms with E-state index in [4.69, 9.17) is 5.11 Å². The minimum Gasteiger partial charge on any atom is -0.394 e. The normalized spacial score (nSPS) is 22.8. The van der Waals surface area contributed by atoms with Crippen molar-refractivity contribution in [3.05, 3.63) is 0 Å². The second kappa shape index (κ2) is 5.57. The molecule has 0 saturated heterocycles. The lowest BCUT2D eigenvalue weighted by atomic mass is 9.86. The second-order valence-corrected chi connectivity index (χ2v) is 4.43. The van der Waals surface area contributed by atoms with E-state index in [1.54, 1.807) is 0 Å². The number of rotatable bonds is 4. The summed E-state index contributed by atoms with van der Waals surface area (Å²) in [7, 11) is 0. The number of hydrogen-bond donors (Lipinski definition) is 2. The molecule has 1 fully saturated rings. The summed E-state index contributed by atoms with van der Waals surface area (Å²) in [5.41, 5.74) is 0. The summed E-state index contributed by atoms with van der Waals surface area (Å²) in [6, 6.07) is -0.255. The van der Waals surface area contributed by atoms with Crippen LogP contribution in [0.3, 0.4) is 0 Å². The van der Waals surface area contributed by atoms with Crippen LogP contribution < -0.4 is 5.32 Å². The van der Waals surface area contributed by atoms with Crippen LogP contribution in [0.25, 0.3) is 0 Å². The Morgan fingerprint density at radius 1 is 1.50 bits per heavy atom. The van der Waals surface area contributed by atoms with E-state index >= 15 is 0 Å². The summed E-state index contributed by atoms with van der Waals surface area (Å²) in [4.78, 5) is 11.7. The quantitative estimate of drug-likeness (QED) is 0.779. The summed E-state index contributed by atoms with van der Waals surface area (Å²) in [6.45, 7) is 1.75. The summed E-state index contributed by atoms with van der Waals surface area (Å²) in [5, 5.41) is 11.6. The van der Waals surface area contributed by atoms with Gasteiger partial charge in [-0.2, -0.15) is 0 Å². The van der Waals surface area contributed by atoms with Gasteiger partial charge in [0, 0.05) is 18.8 Å². The van der Waals surface area contributed by atoms with Crippen molar-refractivity contribution in [2.45, 2.75) is 51.0 Å². The SMILES string of the molecule is CC[C@H](CO)NC(=O)C1CCC(F)(F)CC1. The molecule has 1 rings (SSSR count). The van der Waals surface area contributed by atoms with Crippen molar-refractivity contribution >= 4 is 5.91 Å². The van der Waals surface area contributed by atoms with Gasteiger partial charge in [0.05, 0.1) is 12.6 Å². The molecular weight excluding hydrogens is 216 g/mol. The molecule has 0 spiro atoms. The molecule has 0 unspecified atom stereocenters. The number of carbonyl (C=O) groups excluding carboxylic acids is 1. The molecule has 1 atom stereocenters. The predicted molar refractivity (Wildman–Crippen MR) is 56.2 cm³/mol. The fraction of sp³-hybridized carbons (Fsp3) is 0.909. The van der Waals surface area contributed by atoms with Crippen molar-refractivity contribution < 1.29 is 18.7 Å². The molecule has 0 heterocycles. The number of carbonyl (C=O) groups is 1. The Bertz CT molecular complexity index is 232. The maximum Gasteiger partial charge on any atom is 0.248 e. The predicted octanol–water partition coefficient (Wildman–Crippen LogP) is 1.70. The summed E-state index contributed by atoms with van der Waals surface area (Å²) >= 11 is 0. The van der Waals surface area contributed by atoms with E-state index in [2.05, 4.69) is 5.32 Å². The lowest BCUT2D eigenvalue weighted by Gasteiger charge is -2.28. The van der Waals surface area contributed by atoms with Crippen molar-refractivity contribution in [3.8, 4) is 0 Å². The molecule has 1 aliphatic rings. The van der Waals surface area contributed by atoms with Crippen molar-refractivity contribution in [3.63, 3.8) is 0 Å². The van der Waals surface area contributed by atoms with Gasteiger partial charge in [-0.3, -0.25) is 4.79 Å². The third-order valence-electron chi connectivity index (χ3n) is 3.15. The number of amides is 1. The molecule has 0 bridgehead atoms. The fourth-order valence-electron chi connectivity index (χ4n) is 1.90. The minimum atomic E-state index is -2.60. The Labute approximate surface area is 94.2 Å². The lowest BCUT2D eigenvalue weighted by Crippen LogP contribution is -2.42. The highest BCUT2D eigenvalue weighted by atomic mass is 19.3. The topological polar surface area (TPSA) is 49.3 Å². The largest absolute Gasteiger partial charge is 0.394 e. The summed E-state index contributed by atoms with van der Waals surface area (Å²) < 4.78 is 25.7. The number of alkyl halides is 2. The van der Waals surface area contributed by atoms with E-state index in [1.165, 1.54) is 0 Å². The smallest absolute Gasteiger partial charge is 0.248 e. The highest BCUT2D eigenvalue weighted by Crippen LogP contribution is 2.36. The molecule has 5 heteroatoms. The van der Waals surface area contributed by atoms with Gasteiger partial charge >= 0.3 is 0 Å². The molecule has 1 aliphatic carbocycles. The molecule has 0 aliphatic heterocycles. The molecule has 94 valence electrons. The molecule has 0 aromatic rings. The van der Waals surface area contributed by atoms with Crippen LogP contribution in [0.15, 0.2) is 0 Å². The standard InChI is InChI=1S/C11H19F2NO2/c1-2-9(7-15)14-10(16)8-3-5-11(12,13)6-4-8/h8-9,15H,2-7H2,1H3,(H,14,16)/t9-/m1/s1. The first-order valence-corrected chi connectivity index (χ1v) is 5.77. The number of hydrogen-bond acceptors (Lipinski definition) is 2. The second-order valence-electron chi connectivity index (χ2n) is 4.43. The van der Waals surface area contributed by atoms with Crippen LogP contribution in [-0.4, -0.2) is 29.6 Å². The first-order chi connectivity index (χ1) is 7.48. The Kier molecular flexibility index (Phi) is 4.65. The Balaban J connectivity index is 2.38. The van der Waals surface area contributed by atoms with Crippen LogP contribution in [0.1, 0.15) is 39.0 Å². The molecule has 0 aromatic carbocycles. The maximum absolute atomic E-state index is 12.9. The van der Waals surface area contributed by atoms with Gasteiger partial charge in [-0.25, -0.2) is 8.78 Å². The van der Waals surface area contributed by atoms with Gasteiger partial charge in [0.1, 0.15) is 0 Å². The molecule has 1 amide bonds. The average Bonchev–Trinajstić information content (AvgIpc) is 2.25. The van der Waals surface area contributed by atoms with Crippen molar-refractivity contribution in [2.75, 3.05) is 6.61 Å². The van der Waals surface area contributed by atoms with E-state index in [0.29, 0.717) is 6.42 Å². The van der Waals surface area contributed by atoms with Gasteiger partial charge in [0.2, 0.25) is 11.8 Å². The zero-order chi connectivity index (χ0) is 12.2. The van der Waals surface area contributed by atoms with Crippen LogP contribution in [0.4, 0.5) is 8.78 Å².